The average molecular weight is 357 g/mol. The first-order valence-corrected chi connectivity index (χ1v) is 11.6. The molecule has 0 aromatic rings. The van der Waals surface area contributed by atoms with Gasteiger partial charge in [-0.25, -0.2) is 0 Å². The second-order valence-electron chi connectivity index (χ2n) is 12.0. The van der Waals surface area contributed by atoms with E-state index >= 15 is 0 Å². The van der Waals surface area contributed by atoms with Gasteiger partial charge in [-0.1, -0.05) is 46.8 Å². The van der Waals surface area contributed by atoms with Crippen molar-refractivity contribution in [1.29, 1.82) is 0 Å². The number of fused-ring (bicyclic) bond motifs is 1. The summed E-state index contributed by atoms with van der Waals surface area (Å²) in [6.07, 6.45) is 9.33. The van der Waals surface area contributed by atoms with Gasteiger partial charge < -0.3 is 5.11 Å². The molecule has 10 atom stereocenters. The Morgan fingerprint density at radius 2 is 1.73 bits per heavy atom. The summed E-state index contributed by atoms with van der Waals surface area (Å²) >= 11 is 0. The summed E-state index contributed by atoms with van der Waals surface area (Å²) in [7, 11) is 0. The molecule has 0 saturated heterocycles. The van der Waals surface area contributed by atoms with E-state index in [-0.39, 0.29) is 6.10 Å². The number of aliphatic hydroxyl groups is 1. The Labute approximate surface area is 161 Å². The topological polar surface area (TPSA) is 20.2 Å². The molecule has 0 unspecified atom stereocenters. The van der Waals surface area contributed by atoms with Crippen LogP contribution >= 0.6 is 0 Å². The van der Waals surface area contributed by atoms with Crippen LogP contribution in [0.15, 0.2) is 12.2 Å². The third-order valence-electron chi connectivity index (χ3n) is 11.0. The van der Waals surface area contributed by atoms with Crippen LogP contribution < -0.4 is 0 Å². The summed E-state index contributed by atoms with van der Waals surface area (Å²) in [4.78, 5) is 0. The summed E-state index contributed by atoms with van der Waals surface area (Å²) in [5, 5.41) is 11.0. The van der Waals surface area contributed by atoms with Crippen molar-refractivity contribution in [2.45, 2.75) is 85.7 Å². The number of allylic oxidation sites excluding steroid dienone is 1. The molecule has 146 valence electrons. The zero-order chi connectivity index (χ0) is 18.6. The second-order valence-corrected chi connectivity index (χ2v) is 12.0. The van der Waals surface area contributed by atoms with Crippen LogP contribution in [0, 0.1) is 57.7 Å². The Bertz CT molecular complexity index is 636. The van der Waals surface area contributed by atoms with Gasteiger partial charge in [0.2, 0.25) is 0 Å². The number of aliphatic hydroxyl groups excluding tert-OH is 1. The van der Waals surface area contributed by atoms with E-state index < -0.39 is 0 Å². The third-order valence-corrected chi connectivity index (χ3v) is 11.0. The summed E-state index contributed by atoms with van der Waals surface area (Å²) in [6, 6.07) is 0. The molecule has 5 saturated carbocycles. The van der Waals surface area contributed by atoms with Crippen molar-refractivity contribution in [1.82, 2.24) is 0 Å². The molecule has 5 fully saturated rings. The van der Waals surface area contributed by atoms with Gasteiger partial charge in [-0.3, -0.25) is 0 Å². The smallest absolute Gasteiger partial charge is 0.0579 e. The van der Waals surface area contributed by atoms with Crippen LogP contribution in [0.1, 0.15) is 79.6 Å². The predicted octanol–water partition coefficient (Wildman–Crippen LogP) is 6.07. The van der Waals surface area contributed by atoms with Crippen LogP contribution in [-0.4, -0.2) is 11.2 Å². The Morgan fingerprint density at radius 1 is 1.00 bits per heavy atom. The molecule has 0 aliphatic heterocycles. The van der Waals surface area contributed by atoms with E-state index in [0.717, 1.165) is 30.1 Å². The van der Waals surface area contributed by atoms with Crippen molar-refractivity contribution in [3.8, 4) is 0 Å². The highest BCUT2D eigenvalue weighted by atomic mass is 16.3. The fourth-order valence-electron chi connectivity index (χ4n) is 9.99. The van der Waals surface area contributed by atoms with E-state index in [0.29, 0.717) is 34.0 Å². The molecule has 2 bridgehead atoms. The highest BCUT2D eigenvalue weighted by molar-refractivity contribution is 5.42. The molecule has 0 aromatic carbocycles. The summed E-state index contributed by atoms with van der Waals surface area (Å²) in [5.41, 5.74) is 2.94. The number of hydrogen-bond acceptors (Lipinski definition) is 1. The Balaban J connectivity index is 1.61. The molecular weight excluding hydrogens is 316 g/mol. The van der Waals surface area contributed by atoms with Gasteiger partial charge >= 0.3 is 0 Å². The maximum Gasteiger partial charge on any atom is 0.0579 e. The van der Waals surface area contributed by atoms with E-state index in [1.807, 2.05) is 0 Å². The average Bonchev–Trinajstić information content (AvgIpc) is 2.94. The maximum atomic E-state index is 11.0. The minimum Gasteiger partial charge on any atom is -0.393 e. The Kier molecular flexibility index (Phi) is 3.55. The third kappa shape index (κ3) is 1.74. The molecule has 0 radical (unpaired) electrons. The van der Waals surface area contributed by atoms with Crippen molar-refractivity contribution in [2.24, 2.45) is 57.7 Å². The lowest BCUT2D eigenvalue weighted by Gasteiger charge is -2.70. The van der Waals surface area contributed by atoms with Gasteiger partial charge in [-0.15, -0.1) is 0 Å². The lowest BCUT2D eigenvalue weighted by atomic mass is 9.34. The fraction of sp³-hybridized carbons (Fsp3) is 0.920. The molecule has 5 aliphatic rings. The largest absolute Gasteiger partial charge is 0.393 e. The highest BCUT2D eigenvalue weighted by Crippen LogP contribution is 2.83. The quantitative estimate of drug-likeness (QED) is 0.565. The van der Waals surface area contributed by atoms with Crippen molar-refractivity contribution in [2.75, 3.05) is 0 Å². The van der Waals surface area contributed by atoms with E-state index in [1.165, 1.54) is 38.5 Å². The first-order valence-electron chi connectivity index (χ1n) is 11.6. The van der Waals surface area contributed by atoms with Crippen molar-refractivity contribution in [3.63, 3.8) is 0 Å². The van der Waals surface area contributed by atoms with E-state index in [2.05, 4.69) is 34.6 Å². The molecule has 1 heteroatoms. The standard InChI is InChI=1S/C25H40O/c1-14(2)22-19-12-25-17(5)24(16(4)7-8-21(24)25)10-9-15(3)18(25)11-23(19,6)13-20(22)26/h14-16,18-22,26H,5,7-13H2,1-4,6H3/t15-,16-,18-,19+,20+,21-,22+,23-,24-,25+/m0/s1. The molecule has 5 aliphatic carbocycles. The van der Waals surface area contributed by atoms with Gasteiger partial charge in [0.25, 0.3) is 0 Å². The summed E-state index contributed by atoms with van der Waals surface area (Å²) < 4.78 is 0. The minimum absolute atomic E-state index is 0.0837. The molecular formula is C25H40O. The SMILES string of the molecule is C=C1[C@@]23CC[C@H](C)[C@@H]4C[C@@]5(C)C[C@@H](O)[C@H](C(C)C)[C@H]5C[C@@]14[C@H]2CC[C@@H]3C. The Hall–Kier alpha value is -0.300. The van der Waals surface area contributed by atoms with Gasteiger partial charge in [0.15, 0.2) is 0 Å². The second kappa shape index (κ2) is 5.19. The van der Waals surface area contributed by atoms with Gasteiger partial charge in [0, 0.05) is 0 Å². The molecule has 26 heavy (non-hydrogen) atoms. The van der Waals surface area contributed by atoms with Crippen LogP contribution in [0.25, 0.3) is 0 Å². The molecule has 0 aromatic heterocycles. The van der Waals surface area contributed by atoms with Gasteiger partial charge in [-0.05, 0) is 103 Å². The molecule has 1 nitrogen and oxygen atoms in total. The summed E-state index contributed by atoms with van der Waals surface area (Å²) in [6.45, 7) is 17.1. The van der Waals surface area contributed by atoms with Crippen molar-refractivity contribution >= 4 is 0 Å². The monoisotopic (exact) mass is 356 g/mol. The molecule has 0 heterocycles. The zero-order valence-electron chi connectivity index (χ0n) is 17.7. The van der Waals surface area contributed by atoms with E-state index in [4.69, 9.17) is 6.58 Å². The van der Waals surface area contributed by atoms with Crippen LogP contribution in [-0.2, 0) is 0 Å². The minimum atomic E-state index is -0.0837. The zero-order valence-corrected chi connectivity index (χ0v) is 17.7. The molecule has 0 amide bonds. The predicted molar refractivity (Wildman–Crippen MR) is 108 cm³/mol. The first-order chi connectivity index (χ1) is 12.2. The first kappa shape index (κ1) is 17.8. The van der Waals surface area contributed by atoms with Crippen molar-refractivity contribution < 1.29 is 5.11 Å². The van der Waals surface area contributed by atoms with Gasteiger partial charge in [0.1, 0.15) is 0 Å². The van der Waals surface area contributed by atoms with Gasteiger partial charge in [0.05, 0.1) is 6.10 Å². The van der Waals surface area contributed by atoms with Gasteiger partial charge in [-0.2, -0.15) is 0 Å². The van der Waals surface area contributed by atoms with Crippen LogP contribution in [0.3, 0.4) is 0 Å². The lowest BCUT2D eigenvalue weighted by Crippen LogP contribution is -2.63. The lowest BCUT2D eigenvalue weighted by molar-refractivity contribution is -0.141. The normalized spacial score (nSPS) is 60.9. The van der Waals surface area contributed by atoms with E-state index in [1.54, 1.807) is 5.57 Å². The number of hydrogen-bond donors (Lipinski definition) is 1. The molecule has 5 rings (SSSR count). The number of rotatable bonds is 1. The Morgan fingerprint density at radius 3 is 2.42 bits per heavy atom. The maximum absolute atomic E-state index is 11.0. The fourth-order valence-corrected chi connectivity index (χ4v) is 9.99. The van der Waals surface area contributed by atoms with Crippen LogP contribution in [0.2, 0.25) is 0 Å². The summed E-state index contributed by atoms with van der Waals surface area (Å²) in [5.74, 6) is 5.19. The van der Waals surface area contributed by atoms with Crippen molar-refractivity contribution in [3.05, 3.63) is 12.2 Å². The van der Waals surface area contributed by atoms with Crippen LogP contribution in [0.4, 0.5) is 0 Å². The molecule has 2 spiro atoms. The molecule has 1 N–H and O–H groups in total. The van der Waals surface area contributed by atoms with E-state index in [9.17, 15) is 5.11 Å². The van der Waals surface area contributed by atoms with Crippen LogP contribution in [0.5, 0.6) is 0 Å². The highest BCUT2D eigenvalue weighted by Gasteiger charge is 2.76.